The topological polar surface area (TPSA) is 84.1 Å². The zero-order valence-electron chi connectivity index (χ0n) is 10.5. The van der Waals surface area contributed by atoms with Gasteiger partial charge in [-0.25, -0.2) is 9.97 Å². The summed E-state index contributed by atoms with van der Waals surface area (Å²) in [6, 6.07) is 5.16. The van der Waals surface area contributed by atoms with E-state index in [4.69, 9.17) is 10.8 Å². The maximum absolute atomic E-state index is 13.2. The Balaban J connectivity index is 2.38. The third-order valence-electron chi connectivity index (χ3n) is 2.68. The average Bonchev–Trinajstić information content (AvgIpc) is 2.41. The minimum Gasteiger partial charge on any atom is -0.395 e. The van der Waals surface area contributed by atoms with E-state index in [1.807, 2.05) is 0 Å². The van der Waals surface area contributed by atoms with Crippen LogP contribution in [0.25, 0.3) is 11.1 Å². The molecule has 0 aromatic carbocycles. The molecule has 0 spiro atoms. The number of nitrogens with one attached hydrogen (secondary N) is 1. The molecule has 0 aliphatic heterocycles. The molecule has 4 N–H and O–H groups in total. The van der Waals surface area contributed by atoms with Crippen molar-refractivity contribution in [2.75, 3.05) is 24.2 Å². The Morgan fingerprint density at radius 2 is 2.21 bits per heavy atom. The lowest BCUT2D eigenvalue weighted by molar-refractivity contribution is 0.311. The Morgan fingerprint density at radius 1 is 1.42 bits per heavy atom. The molecule has 0 aliphatic rings. The number of hydrogen-bond acceptors (Lipinski definition) is 5. The molecule has 100 valence electrons. The number of halogens is 1. The van der Waals surface area contributed by atoms with Crippen molar-refractivity contribution in [2.24, 2.45) is 0 Å². The number of anilines is 2. The molecule has 6 heteroatoms. The number of nitrogens with two attached hydrogens (primary N) is 1. The number of nitrogen functional groups attached to an aromatic ring is 1. The van der Waals surface area contributed by atoms with Crippen molar-refractivity contribution in [2.45, 2.75) is 6.92 Å². The number of aliphatic hydroxyl groups excluding tert-OH is 1. The van der Waals surface area contributed by atoms with Gasteiger partial charge < -0.3 is 16.2 Å². The monoisotopic (exact) mass is 262 g/mol. The fraction of sp³-hybridized carbons (Fsp3) is 0.231. The molecule has 0 aliphatic carbocycles. The number of rotatable bonds is 4. The summed E-state index contributed by atoms with van der Waals surface area (Å²) in [7, 11) is 0. The predicted octanol–water partition coefficient (Wildman–Crippen LogP) is 1.58. The molecule has 0 saturated heterocycles. The lowest BCUT2D eigenvalue weighted by Crippen LogP contribution is -2.06. The van der Waals surface area contributed by atoms with Crippen molar-refractivity contribution in [3.8, 4) is 11.1 Å². The molecule has 0 amide bonds. The van der Waals surface area contributed by atoms with Gasteiger partial charge in [-0.1, -0.05) is 0 Å². The first kappa shape index (κ1) is 13.2. The van der Waals surface area contributed by atoms with Gasteiger partial charge in [0, 0.05) is 24.0 Å². The van der Waals surface area contributed by atoms with E-state index in [9.17, 15) is 4.39 Å². The summed E-state index contributed by atoms with van der Waals surface area (Å²) in [5.41, 5.74) is 7.72. The largest absolute Gasteiger partial charge is 0.395 e. The number of nitrogens with zero attached hydrogens (tertiary/aromatic N) is 2. The molecule has 0 unspecified atom stereocenters. The molecule has 0 atom stereocenters. The van der Waals surface area contributed by atoms with Crippen LogP contribution in [-0.2, 0) is 0 Å². The minimum atomic E-state index is -0.658. The van der Waals surface area contributed by atoms with Crippen molar-refractivity contribution in [3.05, 3.63) is 36.0 Å². The van der Waals surface area contributed by atoms with Gasteiger partial charge in [-0.3, -0.25) is 0 Å². The predicted molar refractivity (Wildman–Crippen MR) is 72.2 cm³/mol. The summed E-state index contributed by atoms with van der Waals surface area (Å²) in [6.45, 7) is 2.16. The van der Waals surface area contributed by atoms with Crippen LogP contribution in [-0.4, -0.2) is 28.2 Å². The number of pyridine rings is 2. The van der Waals surface area contributed by atoms with E-state index < -0.39 is 5.95 Å². The van der Waals surface area contributed by atoms with E-state index >= 15 is 0 Å². The zero-order valence-corrected chi connectivity index (χ0v) is 10.5. The molecule has 2 rings (SSSR count). The Kier molecular flexibility index (Phi) is 3.91. The molecular formula is C13H15FN4O. The second kappa shape index (κ2) is 5.62. The number of aliphatic hydroxyl groups is 1. The van der Waals surface area contributed by atoms with Gasteiger partial charge in [-0.2, -0.15) is 4.39 Å². The van der Waals surface area contributed by atoms with Crippen molar-refractivity contribution < 1.29 is 9.50 Å². The molecule has 2 aromatic heterocycles. The molecule has 0 bridgehead atoms. The van der Waals surface area contributed by atoms with Gasteiger partial charge in [0.25, 0.3) is 0 Å². The fourth-order valence-electron chi connectivity index (χ4n) is 1.76. The van der Waals surface area contributed by atoms with Crippen LogP contribution in [0.4, 0.5) is 15.9 Å². The van der Waals surface area contributed by atoms with Crippen LogP contribution in [0, 0.1) is 12.9 Å². The highest BCUT2D eigenvalue weighted by Gasteiger charge is 2.09. The number of aryl methyl sites for hydroxylation is 1. The fourth-order valence-corrected chi connectivity index (χ4v) is 1.76. The molecule has 2 heterocycles. The molecule has 19 heavy (non-hydrogen) atoms. The zero-order chi connectivity index (χ0) is 13.8. The number of hydrogen-bond donors (Lipinski definition) is 3. The van der Waals surface area contributed by atoms with E-state index in [2.05, 4.69) is 15.3 Å². The van der Waals surface area contributed by atoms with E-state index in [-0.39, 0.29) is 12.3 Å². The third-order valence-corrected chi connectivity index (χ3v) is 2.68. The summed E-state index contributed by atoms with van der Waals surface area (Å²) in [4.78, 5) is 7.89. The van der Waals surface area contributed by atoms with Gasteiger partial charge >= 0.3 is 0 Å². The van der Waals surface area contributed by atoms with Crippen LogP contribution < -0.4 is 11.1 Å². The SMILES string of the molecule is Cc1nc(F)c(N)cc1-c1ccnc(NCCO)c1. The summed E-state index contributed by atoms with van der Waals surface area (Å²) < 4.78 is 13.2. The van der Waals surface area contributed by atoms with Crippen molar-refractivity contribution in [3.63, 3.8) is 0 Å². The molecule has 2 aromatic rings. The molecule has 0 saturated carbocycles. The summed E-state index contributed by atoms with van der Waals surface area (Å²) in [5, 5.41) is 11.7. The third kappa shape index (κ3) is 2.97. The number of aromatic nitrogens is 2. The second-order valence-electron chi connectivity index (χ2n) is 4.08. The molecule has 0 radical (unpaired) electrons. The first-order chi connectivity index (χ1) is 9.11. The highest BCUT2D eigenvalue weighted by atomic mass is 19.1. The maximum Gasteiger partial charge on any atom is 0.236 e. The Labute approximate surface area is 110 Å². The minimum absolute atomic E-state index is 0.0160. The normalized spacial score (nSPS) is 10.5. The highest BCUT2D eigenvalue weighted by molar-refractivity contribution is 5.71. The van der Waals surface area contributed by atoms with Gasteiger partial charge in [0.1, 0.15) is 5.82 Å². The van der Waals surface area contributed by atoms with Crippen molar-refractivity contribution in [1.29, 1.82) is 0 Å². The van der Waals surface area contributed by atoms with E-state index in [0.717, 1.165) is 11.1 Å². The smallest absolute Gasteiger partial charge is 0.236 e. The van der Waals surface area contributed by atoms with E-state index in [1.165, 1.54) is 0 Å². The highest BCUT2D eigenvalue weighted by Crippen LogP contribution is 2.26. The first-order valence-corrected chi connectivity index (χ1v) is 5.85. The summed E-state index contributed by atoms with van der Waals surface area (Å²) in [5.74, 6) is -0.0252. The molecular weight excluding hydrogens is 247 g/mol. The molecule has 0 fully saturated rings. The lowest BCUT2D eigenvalue weighted by Gasteiger charge is -2.09. The van der Waals surface area contributed by atoms with Crippen molar-refractivity contribution >= 4 is 11.5 Å². The van der Waals surface area contributed by atoms with Gasteiger partial charge in [-0.05, 0) is 30.7 Å². The first-order valence-electron chi connectivity index (χ1n) is 5.85. The van der Waals surface area contributed by atoms with Crippen LogP contribution in [0.15, 0.2) is 24.4 Å². The summed E-state index contributed by atoms with van der Waals surface area (Å²) in [6.07, 6.45) is 1.63. The standard InChI is InChI=1S/C13H15FN4O/c1-8-10(7-11(15)13(14)18-8)9-2-3-16-12(6-9)17-4-5-19/h2-3,6-7,19H,4-5,15H2,1H3,(H,16,17). The van der Waals surface area contributed by atoms with Gasteiger partial charge in [0.05, 0.1) is 12.3 Å². The van der Waals surface area contributed by atoms with E-state index in [0.29, 0.717) is 18.1 Å². The van der Waals surface area contributed by atoms with Crippen LogP contribution in [0.1, 0.15) is 5.69 Å². The maximum atomic E-state index is 13.2. The average molecular weight is 262 g/mol. The Morgan fingerprint density at radius 3 is 2.95 bits per heavy atom. The van der Waals surface area contributed by atoms with Gasteiger partial charge in [-0.15, -0.1) is 0 Å². The van der Waals surface area contributed by atoms with Crippen LogP contribution in [0.5, 0.6) is 0 Å². The summed E-state index contributed by atoms with van der Waals surface area (Å²) >= 11 is 0. The van der Waals surface area contributed by atoms with Crippen LogP contribution in [0.2, 0.25) is 0 Å². The molecule has 5 nitrogen and oxygen atoms in total. The van der Waals surface area contributed by atoms with Gasteiger partial charge in [0.15, 0.2) is 0 Å². The van der Waals surface area contributed by atoms with Gasteiger partial charge in [0.2, 0.25) is 5.95 Å². The van der Waals surface area contributed by atoms with Crippen LogP contribution >= 0.6 is 0 Å². The Bertz CT molecular complexity index is 589. The quantitative estimate of drug-likeness (QED) is 0.728. The van der Waals surface area contributed by atoms with Crippen molar-refractivity contribution in [1.82, 2.24) is 9.97 Å². The Hall–Kier alpha value is -2.21. The second-order valence-corrected chi connectivity index (χ2v) is 4.08. The van der Waals surface area contributed by atoms with E-state index in [1.54, 1.807) is 31.3 Å². The van der Waals surface area contributed by atoms with Crippen LogP contribution in [0.3, 0.4) is 0 Å². The lowest BCUT2D eigenvalue weighted by atomic mass is 10.1.